The van der Waals surface area contributed by atoms with Crippen LogP contribution in [0.15, 0.2) is 36.5 Å². The zero-order valence-electron chi connectivity index (χ0n) is 12.8. The van der Waals surface area contributed by atoms with Crippen LogP contribution in [0.1, 0.15) is 19.8 Å². The predicted molar refractivity (Wildman–Crippen MR) is 85.4 cm³/mol. The smallest absolute Gasteiger partial charge is 0.240 e. The third-order valence-electron chi connectivity index (χ3n) is 4.20. The molecule has 0 spiro atoms. The molecule has 2 heterocycles. The van der Waals surface area contributed by atoms with Crippen molar-refractivity contribution in [3.8, 4) is 0 Å². The topological polar surface area (TPSA) is 54.3 Å². The number of rotatable bonds is 4. The van der Waals surface area contributed by atoms with E-state index in [4.69, 9.17) is 0 Å². The first kappa shape index (κ1) is 14.6. The molecule has 22 heavy (non-hydrogen) atoms. The highest BCUT2D eigenvalue weighted by Gasteiger charge is 2.26. The molecule has 0 radical (unpaired) electrons. The second-order valence-electron chi connectivity index (χ2n) is 5.75. The maximum atomic E-state index is 12.2. The van der Waals surface area contributed by atoms with Crippen molar-refractivity contribution < 1.29 is 9.59 Å². The molecule has 0 saturated carbocycles. The summed E-state index contributed by atoms with van der Waals surface area (Å²) >= 11 is 0. The molecule has 2 amide bonds. The van der Waals surface area contributed by atoms with Gasteiger partial charge in [-0.25, -0.2) is 0 Å². The van der Waals surface area contributed by atoms with Gasteiger partial charge in [0.25, 0.3) is 0 Å². The number of nitrogens with zero attached hydrogens (tertiary/aromatic N) is 2. The van der Waals surface area contributed by atoms with Crippen LogP contribution in [-0.2, 0) is 16.1 Å². The molecule has 1 atom stereocenters. The molecule has 1 N–H and O–H groups in total. The fourth-order valence-corrected chi connectivity index (χ4v) is 3.03. The number of para-hydroxylation sites is 1. The molecule has 1 aliphatic heterocycles. The molecule has 2 aromatic rings. The second kappa shape index (κ2) is 6.22. The number of fused-ring (bicyclic) bond motifs is 1. The molecule has 0 bridgehead atoms. The lowest BCUT2D eigenvalue weighted by Crippen LogP contribution is -2.39. The molecule has 5 heteroatoms. The Bertz CT molecular complexity index is 692. The van der Waals surface area contributed by atoms with Gasteiger partial charge in [0.15, 0.2) is 0 Å². The highest BCUT2D eigenvalue weighted by molar-refractivity contribution is 5.83. The monoisotopic (exact) mass is 299 g/mol. The zero-order valence-corrected chi connectivity index (χ0v) is 12.8. The highest BCUT2D eigenvalue weighted by atomic mass is 16.2. The fraction of sp³-hybridized carbons (Fsp3) is 0.412. The van der Waals surface area contributed by atoms with Crippen molar-refractivity contribution in [1.29, 1.82) is 0 Å². The van der Waals surface area contributed by atoms with Crippen LogP contribution < -0.4 is 5.32 Å². The molecule has 0 unspecified atom stereocenters. The van der Waals surface area contributed by atoms with Gasteiger partial charge in [-0.15, -0.1) is 0 Å². The van der Waals surface area contributed by atoms with E-state index in [0.717, 1.165) is 23.9 Å². The van der Waals surface area contributed by atoms with E-state index in [1.807, 2.05) is 52.9 Å². The second-order valence-corrected chi connectivity index (χ2v) is 5.75. The molecule has 1 aliphatic rings. The molecule has 3 rings (SSSR count). The first-order chi connectivity index (χ1) is 10.7. The van der Waals surface area contributed by atoms with Gasteiger partial charge in [-0.3, -0.25) is 9.59 Å². The van der Waals surface area contributed by atoms with Gasteiger partial charge in [-0.1, -0.05) is 25.1 Å². The Labute approximate surface area is 129 Å². The summed E-state index contributed by atoms with van der Waals surface area (Å²) < 4.78 is 1.95. The van der Waals surface area contributed by atoms with Crippen molar-refractivity contribution in [3.63, 3.8) is 0 Å². The summed E-state index contributed by atoms with van der Waals surface area (Å²) in [7, 11) is 0. The third kappa shape index (κ3) is 2.98. The van der Waals surface area contributed by atoms with Gasteiger partial charge >= 0.3 is 0 Å². The Morgan fingerprint density at radius 3 is 2.91 bits per heavy atom. The van der Waals surface area contributed by atoms with E-state index in [2.05, 4.69) is 5.32 Å². The fourth-order valence-electron chi connectivity index (χ4n) is 3.03. The van der Waals surface area contributed by atoms with Gasteiger partial charge in [-0.2, -0.15) is 0 Å². The average Bonchev–Trinajstić information content (AvgIpc) is 3.14. The number of amides is 2. The minimum atomic E-state index is -0.00264. The van der Waals surface area contributed by atoms with E-state index in [0.29, 0.717) is 19.5 Å². The quantitative estimate of drug-likeness (QED) is 0.935. The summed E-state index contributed by atoms with van der Waals surface area (Å²) in [4.78, 5) is 25.7. The van der Waals surface area contributed by atoms with Crippen molar-refractivity contribution in [3.05, 3.63) is 36.5 Å². The van der Waals surface area contributed by atoms with E-state index in [-0.39, 0.29) is 17.9 Å². The standard InChI is InChI=1S/C17H21N3O2/c1-2-17(22)20-10-8-14(11-20)18-16(21)12-19-9-7-13-5-3-4-6-15(13)19/h3-7,9,14H,2,8,10-12H2,1H3,(H,18,21)/t14-/m0/s1. The number of likely N-dealkylation sites (tertiary alicyclic amines) is 1. The van der Waals surface area contributed by atoms with Crippen LogP contribution in [-0.4, -0.2) is 40.4 Å². The van der Waals surface area contributed by atoms with E-state index < -0.39 is 0 Å². The first-order valence-electron chi connectivity index (χ1n) is 7.78. The number of nitrogens with one attached hydrogen (secondary N) is 1. The predicted octanol–water partition coefficient (Wildman–Crippen LogP) is 1.77. The zero-order chi connectivity index (χ0) is 15.5. The van der Waals surface area contributed by atoms with Crippen LogP contribution in [0.2, 0.25) is 0 Å². The Morgan fingerprint density at radius 2 is 2.09 bits per heavy atom. The van der Waals surface area contributed by atoms with Gasteiger partial charge in [-0.05, 0) is 23.9 Å². The molecule has 1 saturated heterocycles. The van der Waals surface area contributed by atoms with Crippen LogP contribution >= 0.6 is 0 Å². The highest BCUT2D eigenvalue weighted by Crippen LogP contribution is 2.15. The normalized spacial score (nSPS) is 17.9. The number of hydrogen-bond donors (Lipinski definition) is 1. The van der Waals surface area contributed by atoms with Gasteiger partial charge in [0.2, 0.25) is 11.8 Å². The van der Waals surface area contributed by atoms with E-state index in [1.165, 1.54) is 0 Å². The summed E-state index contributed by atoms with van der Waals surface area (Å²) in [6, 6.07) is 10.1. The molecule has 116 valence electrons. The Kier molecular flexibility index (Phi) is 4.13. The van der Waals surface area contributed by atoms with Gasteiger partial charge < -0.3 is 14.8 Å². The van der Waals surface area contributed by atoms with Crippen molar-refractivity contribution in [2.45, 2.75) is 32.4 Å². The molecular weight excluding hydrogens is 278 g/mol. The summed E-state index contributed by atoms with van der Waals surface area (Å²) in [5.74, 6) is 0.158. The average molecular weight is 299 g/mol. The van der Waals surface area contributed by atoms with Gasteiger partial charge in [0, 0.05) is 37.3 Å². The summed E-state index contributed by atoms with van der Waals surface area (Å²) in [5, 5.41) is 4.17. The van der Waals surface area contributed by atoms with Crippen molar-refractivity contribution >= 4 is 22.7 Å². The minimum absolute atomic E-state index is 0.00264. The number of carbonyl (C=O) groups is 2. The lowest BCUT2D eigenvalue weighted by molar-refractivity contribution is -0.130. The molecule has 1 aromatic heterocycles. The van der Waals surface area contributed by atoms with Crippen molar-refractivity contribution in [2.75, 3.05) is 13.1 Å². The lowest BCUT2D eigenvalue weighted by atomic mass is 10.2. The Morgan fingerprint density at radius 1 is 1.27 bits per heavy atom. The first-order valence-corrected chi connectivity index (χ1v) is 7.78. The molecule has 0 aliphatic carbocycles. The van der Waals surface area contributed by atoms with E-state index >= 15 is 0 Å². The SMILES string of the molecule is CCC(=O)N1CC[C@H](NC(=O)Cn2ccc3ccccc32)C1. The summed E-state index contributed by atoms with van der Waals surface area (Å²) in [6.45, 7) is 3.55. The van der Waals surface area contributed by atoms with Crippen LogP contribution in [0.5, 0.6) is 0 Å². The summed E-state index contributed by atoms with van der Waals surface area (Å²) in [5.41, 5.74) is 1.06. The molecule has 1 fully saturated rings. The van der Waals surface area contributed by atoms with E-state index in [1.54, 1.807) is 0 Å². The van der Waals surface area contributed by atoms with Crippen LogP contribution in [0.25, 0.3) is 10.9 Å². The van der Waals surface area contributed by atoms with Crippen LogP contribution in [0.3, 0.4) is 0 Å². The molecule has 5 nitrogen and oxygen atoms in total. The van der Waals surface area contributed by atoms with Crippen molar-refractivity contribution in [1.82, 2.24) is 14.8 Å². The Hall–Kier alpha value is -2.30. The molecular formula is C17H21N3O2. The maximum Gasteiger partial charge on any atom is 0.240 e. The number of benzene rings is 1. The Balaban J connectivity index is 1.58. The van der Waals surface area contributed by atoms with Gasteiger partial charge in [0.05, 0.1) is 0 Å². The largest absolute Gasteiger partial charge is 0.350 e. The molecule has 1 aromatic carbocycles. The van der Waals surface area contributed by atoms with Crippen molar-refractivity contribution in [2.24, 2.45) is 0 Å². The number of carbonyl (C=O) groups excluding carboxylic acids is 2. The van der Waals surface area contributed by atoms with Crippen LogP contribution in [0.4, 0.5) is 0 Å². The lowest BCUT2D eigenvalue weighted by Gasteiger charge is -2.16. The summed E-state index contributed by atoms with van der Waals surface area (Å²) in [6.07, 6.45) is 3.30. The van der Waals surface area contributed by atoms with Gasteiger partial charge in [0.1, 0.15) is 6.54 Å². The minimum Gasteiger partial charge on any atom is -0.350 e. The maximum absolute atomic E-state index is 12.2. The van der Waals surface area contributed by atoms with E-state index in [9.17, 15) is 9.59 Å². The third-order valence-corrected chi connectivity index (χ3v) is 4.20. The number of hydrogen-bond acceptors (Lipinski definition) is 2. The number of aromatic nitrogens is 1. The van der Waals surface area contributed by atoms with Crippen LogP contribution in [0, 0.1) is 0 Å².